The van der Waals surface area contributed by atoms with Gasteiger partial charge in [0.15, 0.2) is 10.3 Å². The van der Waals surface area contributed by atoms with Crippen LogP contribution in [0.1, 0.15) is 5.69 Å². The van der Waals surface area contributed by atoms with Crippen LogP contribution in [-0.4, -0.2) is 24.7 Å². The average Bonchev–Trinajstić information content (AvgIpc) is 2.65. The summed E-state index contributed by atoms with van der Waals surface area (Å²) in [6, 6.07) is 1.79. The summed E-state index contributed by atoms with van der Waals surface area (Å²) in [7, 11) is 1.82. The summed E-state index contributed by atoms with van der Waals surface area (Å²) in [6.45, 7) is 0.412. The van der Waals surface area contributed by atoms with Gasteiger partial charge in [-0.1, -0.05) is 0 Å². The molecule has 0 saturated carbocycles. The van der Waals surface area contributed by atoms with Crippen molar-refractivity contribution in [1.82, 2.24) is 24.7 Å². The highest BCUT2D eigenvalue weighted by atomic mass is 32.2. The lowest BCUT2D eigenvalue weighted by atomic mass is 10.4. The number of rotatable bonds is 3. The molecule has 0 aliphatic carbocycles. The van der Waals surface area contributed by atoms with Crippen molar-refractivity contribution in [1.29, 1.82) is 0 Å². The molecule has 78 valence electrons. The molecule has 2 rings (SSSR count). The van der Waals surface area contributed by atoms with Gasteiger partial charge in [-0.05, 0) is 17.8 Å². The van der Waals surface area contributed by atoms with E-state index in [0.29, 0.717) is 11.7 Å². The molecule has 0 spiro atoms. The van der Waals surface area contributed by atoms with E-state index in [9.17, 15) is 0 Å². The van der Waals surface area contributed by atoms with Crippen LogP contribution in [0.4, 0.5) is 0 Å². The van der Waals surface area contributed by atoms with Crippen LogP contribution in [-0.2, 0) is 13.6 Å². The smallest absolute Gasteiger partial charge is 0.195 e. The largest absolute Gasteiger partial charge is 0.325 e. The Morgan fingerprint density at radius 3 is 3.00 bits per heavy atom. The summed E-state index contributed by atoms with van der Waals surface area (Å²) in [6.07, 6.45) is 3.18. The van der Waals surface area contributed by atoms with Gasteiger partial charge in [0.1, 0.15) is 6.33 Å². The molecule has 0 atom stereocenters. The highest BCUT2D eigenvalue weighted by Gasteiger charge is 2.05. The fourth-order valence-electron chi connectivity index (χ4n) is 0.999. The van der Waals surface area contributed by atoms with Gasteiger partial charge in [0.25, 0.3) is 0 Å². The second-order valence-corrected chi connectivity index (χ2v) is 3.74. The molecule has 2 aromatic heterocycles. The van der Waals surface area contributed by atoms with Crippen LogP contribution in [0.25, 0.3) is 0 Å². The topological polar surface area (TPSA) is 82.5 Å². The third kappa shape index (κ3) is 2.31. The predicted octanol–water partition coefficient (Wildman–Crippen LogP) is 0.215. The number of hydrogen-bond donors (Lipinski definition) is 1. The molecule has 0 fully saturated rings. The number of nitrogens with two attached hydrogens (primary N) is 1. The van der Waals surface area contributed by atoms with Gasteiger partial charge in [0.2, 0.25) is 0 Å². The zero-order valence-corrected chi connectivity index (χ0v) is 8.98. The van der Waals surface area contributed by atoms with E-state index in [1.54, 1.807) is 16.9 Å². The molecule has 6 nitrogen and oxygen atoms in total. The Morgan fingerprint density at radius 2 is 2.33 bits per heavy atom. The van der Waals surface area contributed by atoms with Crippen molar-refractivity contribution in [3.63, 3.8) is 0 Å². The molecule has 0 amide bonds. The number of aryl methyl sites for hydroxylation is 1. The van der Waals surface area contributed by atoms with Crippen LogP contribution < -0.4 is 5.73 Å². The molecule has 0 bridgehead atoms. The van der Waals surface area contributed by atoms with E-state index in [0.717, 1.165) is 10.9 Å². The van der Waals surface area contributed by atoms with E-state index >= 15 is 0 Å². The Balaban J connectivity index is 2.21. The van der Waals surface area contributed by atoms with E-state index in [-0.39, 0.29) is 0 Å². The Morgan fingerprint density at radius 1 is 1.47 bits per heavy atom. The molecular weight excluding hydrogens is 212 g/mol. The fraction of sp³-hybridized carbons (Fsp3) is 0.250. The molecular formula is C8H10N6S. The SMILES string of the molecule is Cn1ncnc1Sc1nccc(CN)n1. The first kappa shape index (κ1) is 10.1. The second kappa shape index (κ2) is 4.37. The maximum Gasteiger partial charge on any atom is 0.195 e. The molecule has 0 aliphatic rings. The summed E-state index contributed by atoms with van der Waals surface area (Å²) >= 11 is 1.36. The Hall–Kier alpha value is -1.47. The van der Waals surface area contributed by atoms with E-state index in [4.69, 9.17) is 5.73 Å². The maximum atomic E-state index is 5.49. The second-order valence-electron chi connectivity index (χ2n) is 2.80. The third-order valence-corrected chi connectivity index (χ3v) is 2.68. The summed E-state index contributed by atoms with van der Waals surface area (Å²) in [5.74, 6) is 0. The summed E-state index contributed by atoms with van der Waals surface area (Å²) < 4.78 is 1.67. The average molecular weight is 222 g/mol. The first-order chi connectivity index (χ1) is 7.29. The van der Waals surface area contributed by atoms with Gasteiger partial charge in [-0.25, -0.2) is 19.6 Å². The van der Waals surface area contributed by atoms with Crippen LogP contribution in [0.3, 0.4) is 0 Å². The first-order valence-corrected chi connectivity index (χ1v) is 5.15. The lowest BCUT2D eigenvalue weighted by Gasteiger charge is -2.00. The highest BCUT2D eigenvalue weighted by Crippen LogP contribution is 2.20. The van der Waals surface area contributed by atoms with Gasteiger partial charge >= 0.3 is 0 Å². The molecule has 2 aromatic rings. The summed E-state index contributed by atoms with van der Waals surface area (Å²) in [4.78, 5) is 12.4. The number of hydrogen-bond acceptors (Lipinski definition) is 6. The molecule has 15 heavy (non-hydrogen) atoms. The summed E-state index contributed by atoms with van der Waals surface area (Å²) in [5, 5.41) is 5.35. The van der Waals surface area contributed by atoms with E-state index in [1.807, 2.05) is 7.05 Å². The molecule has 2 heterocycles. The van der Waals surface area contributed by atoms with Crippen molar-refractivity contribution < 1.29 is 0 Å². The van der Waals surface area contributed by atoms with Crippen molar-refractivity contribution in [2.24, 2.45) is 12.8 Å². The minimum atomic E-state index is 0.412. The lowest BCUT2D eigenvalue weighted by molar-refractivity contribution is 0.683. The normalized spacial score (nSPS) is 10.5. The molecule has 7 heteroatoms. The van der Waals surface area contributed by atoms with E-state index in [2.05, 4.69) is 20.1 Å². The van der Waals surface area contributed by atoms with Crippen LogP contribution in [0.2, 0.25) is 0 Å². The minimum Gasteiger partial charge on any atom is -0.325 e. The van der Waals surface area contributed by atoms with Crippen LogP contribution in [0, 0.1) is 0 Å². The van der Waals surface area contributed by atoms with Crippen LogP contribution in [0.5, 0.6) is 0 Å². The molecule has 0 aromatic carbocycles. The Bertz CT molecular complexity index is 454. The van der Waals surface area contributed by atoms with Gasteiger partial charge < -0.3 is 5.73 Å². The van der Waals surface area contributed by atoms with Crippen molar-refractivity contribution in [3.8, 4) is 0 Å². The fourth-order valence-corrected chi connectivity index (χ4v) is 1.72. The number of aromatic nitrogens is 5. The van der Waals surface area contributed by atoms with Crippen molar-refractivity contribution in [2.45, 2.75) is 16.9 Å². The number of nitrogens with zero attached hydrogens (tertiary/aromatic N) is 5. The molecule has 0 aliphatic heterocycles. The molecule has 0 unspecified atom stereocenters. The highest BCUT2D eigenvalue weighted by molar-refractivity contribution is 7.99. The Labute approximate surface area is 90.9 Å². The zero-order chi connectivity index (χ0) is 10.7. The summed E-state index contributed by atoms with van der Waals surface area (Å²) in [5.41, 5.74) is 6.30. The quantitative estimate of drug-likeness (QED) is 0.748. The third-order valence-electron chi connectivity index (χ3n) is 1.75. The maximum absolute atomic E-state index is 5.49. The Kier molecular flexibility index (Phi) is 2.93. The monoisotopic (exact) mass is 222 g/mol. The van der Waals surface area contributed by atoms with Crippen molar-refractivity contribution in [3.05, 3.63) is 24.3 Å². The first-order valence-electron chi connectivity index (χ1n) is 4.33. The van der Waals surface area contributed by atoms with Gasteiger partial charge in [-0.15, -0.1) is 0 Å². The van der Waals surface area contributed by atoms with Gasteiger partial charge in [0.05, 0.1) is 5.69 Å². The van der Waals surface area contributed by atoms with Gasteiger partial charge in [-0.2, -0.15) is 5.10 Å². The lowest BCUT2D eigenvalue weighted by Crippen LogP contribution is -2.01. The van der Waals surface area contributed by atoms with Crippen molar-refractivity contribution >= 4 is 11.8 Å². The van der Waals surface area contributed by atoms with E-state index in [1.165, 1.54) is 18.1 Å². The predicted molar refractivity (Wildman–Crippen MR) is 55.0 cm³/mol. The zero-order valence-electron chi connectivity index (χ0n) is 8.16. The minimum absolute atomic E-state index is 0.412. The van der Waals surface area contributed by atoms with Crippen molar-refractivity contribution in [2.75, 3.05) is 0 Å². The molecule has 2 N–H and O–H groups in total. The molecule has 0 radical (unpaired) electrons. The van der Waals surface area contributed by atoms with Gasteiger partial charge in [0, 0.05) is 19.8 Å². The van der Waals surface area contributed by atoms with E-state index < -0.39 is 0 Å². The van der Waals surface area contributed by atoms with Crippen LogP contribution in [0.15, 0.2) is 28.9 Å². The van der Waals surface area contributed by atoms with Crippen LogP contribution >= 0.6 is 11.8 Å². The van der Waals surface area contributed by atoms with Gasteiger partial charge in [-0.3, -0.25) is 0 Å². The standard InChI is InChI=1S/C8H10N6S/c1-14-8(11-5-12-14)15-7-10-3-2-6(4-9)13-7/h2-3,5H,4,9H2,1H3. The molecule has 0 saturated heterocycles.